The molecule has 3 aliphatic rings. The maximum atomic E-state index is 12.5. The van der Waals surface area contributed by atoms with E-state index in [4.69, 9.17) is 4.74 Å². The van der Waals surface area contributed by atoms with Crippen molar-refractivity contribution in [2.24, 2.45) is 5.92 Å². The number of rotatable bonds is 4. The number of ether oxygens (including phenoxy) is 1. The van der Waals surface area contributed by atoms with Gasteiger partial charge in [-0.25, -0.2) is 0 Å². The highest BCUT2D eigenvalue weighted by atomic mass is 16.5. The zero-order valence-electron chi connectivity index (χ0n) is 11.1. The van der Waals surface area contributed by atoms with Gasteiger partial charge in [-0.05, 0) is 57.5 Å². The Bertz CT molecular complexity index is 292. The molecule has 2 saturated heterocycles. The predicted octanol–water partition coefficient (Wildman–Crippen LogP) is 1.16. The fraction of sp³-hybridized carbons (Fsp3) is 0.929. The summed E-state index contributed by atoms with van der Waals surface area (Å²) in [4.78, 5) is 14.6. The van der Waals surface area contributed by atoms with E-state index in [0.717, 1.165) is 39.1 Å². The monoisotopic (exact) mass is 252 g/mol. The third-order valence-electron chi connectivity index (χ3n) is 4.33. The maximum absolute atomic E-state index is 12.5. The molecule has 1 N–H and O–H groups in total. The summed E-state index contributed by atoms with van der Waals surface area (Å²) in [7, 11) is 0. The molecule has 1 aliphatic carbocycles. The van der Waals surface area contributed by atoms with Crippen LogP contribution in [0.5, 0.6) is 0 Å². The van der Waals surface area contributed by atoms with Crippen molar-refractivity contribution in [1.29, 1.82) is 0 Å². The summed E-state index contributed by atoms with van der Waals surface area (Å²) >= 11 is 0. The lowest BCUT2D eigenvalue weighted by Crippen LogP contribution is -2.45. The highest BCUT2D eigenvalue weighted by Gasteiger charge is 2.38. The molecule has 2 atom stereocenters. The molecule has 18 heavy (non-hydrogen) atoms. The molecule has 0 aromatic carbocycles. The van der Waals surface area contributed by atoms with Crippen LogP contribution >= 0.6 is 0 Å². The first kappa shape index (κ1) is 12.4. The van der Waals surface area contributed by atoms with Crippen LogP contribution in [-0.2, 0) is 9.53 Å². The van der Waals surface area contributed by atoms with Gasteiger partial charge in [-0.3, -0.25) is 4.79 Å². The molecule has 1 saturated carbocycles. The summed E-state index contributed by atoms with van der Waals surface area (Å²) in [5.41, 5.74) is 0. The number of piperidine rings is 1. The zero-order valence-corrected chi connectivity index (χ0v) is 11.1. The fourth-order valence-electron chi connectivity index (χ4n) is 3.12. The van der Waals surface area contributed by atoms with Crippen molar-refractivity contribution < 1.29 is 9.53 Å². The van der Waals surface area contributed by atoms with E-state index >= 15 is 0 Å². The first-order valence-corrected chi connectivity index (χ1v) is 7.47. The normalized spacial score (nSPS) is 32.4. The second-order valence-corrected chi connectivity index (χ2v) is 5.94. The van der Waals surface area contributed by atoms with Crippen molar-refractivity contribution in [3.05, 3.63) is 0 Å². The summed E-state index contributed by atoms with van der Waals surface area (Å²) in [6, 6.07) is 0.517. The quantitative estimate of drug-likeness (QED) is 0.816. The van der Waals surface area contributed by atoms with Gasteiger partial charge in [-0.2, -0.15) is 0 Å². The van der Waals surface area contributed by atoms with Crippen LogP contribution in [0.1, 0.15) is 38.5 Å². The van der Waals surface area contributed by atoms with E-state index in [1.54, 1.807) is 0 Å². The Morgan fingerprint density at radius 3 is 2.72 bits per heavy atom. The van der Waals surface area contributed by atoms with Gasteiger partial charge in [-0.1, -0.05) is 0 Å². The lowest BCUT2D eigenvalue weighted by molar-refractivity contribution is -0.142. The average Bonchev–Trinajstić information content (AvgIpc) is 3.10. The Labute approximate surface area is 109 Å². The number of amides is 1. The van der Waals surface area contributed by atoms with Crippen molar-refractivity contribution in [3.8, 4) is 0 Å². The SMILES string of the molecule is O=C([C@@H]1CCCO1)N(CC1CCCNC1)C1CC1. The van der Waals surface area contributed by atoms with Crippen molar-refractivity contribution in [2.45, 2.75) is 50.7 Å². The smallest absolute Gasteiger partial charge is 0.251 e. The summed E-state index contributed by atoms with van der Waals surface area (Å²) in [6.45, 7) is 3.91. The Hall–Kier alpha value is -0.610. The zero-order chi connectivity index (χ0) is 12.4. The van der Waals surface area contributed by atoms with Crippen molar-refractivity contribution in [3.63, 3.8) is 0 Å². The standard InChI is InChI=1S/C14H24N2O2/c17-14(13-4-2-8-18-13)16(12-5-6-12)10-11-3-1-7-15-9-11/h11-13,15H,1-10H2/t11?,13-/m0/s1. The summed E-state index contributed by atoms with van der Waals surface area (Å²) in [5.74, 6) is 0.908. The highest BCUT2D eigenvalue weighted by Crippen LogP contribution is 2.30. The van der Waals surface area contributed by atoms with E-state index in [1.165, 1.54) is 25.7 Å². The van der Waals surface area contributed by atoms with Gasteiger partial charge in [0.15, 0.2) is 0 Å². The van der Waals surface area contributed by atoms with E-state index < -0.39 is 0 Å². The molecule has 4 heteroatoms. The van der Waals surface area contributed by atoms with E-state index in [2.05, 4.69) is 10.2 Å². The Balaban J connectivity index is 1.58. The van der Waals surface area contributed by atoms with Crippen LogP contribution in [0.3, 0.4) is 0 Å². The largest absolute Gasteiger partial charge is 0.368 e. The van der Waals surface area contributed by atoms with E-state index in [9.17, 15) is 4.79 Å². The van der Waals surface area contributed by atoms with E-state index in [-0.39, 0.29) is 12.0 Å². The van der Waals surface area contributed by atoms with Gasteiger partial charge in [0.2, 0.25) is 0 Å². The Kier molecular flexibility index (Phi) is 3.85. The van der Waals surface area contributed by atoms with Crippen molar-refractivity contribution in [2.75, 3.05) is 26.2 Å². The molecule has 102 valence electrons. The number of carbonyl (C=O) groups excluding carboxylic acids is 1. The predicted molar refractivity (Wildman–Crippen MR) is 69.3 cm³/mol. The van der Waals surface area contributed by atoms with Gasteiger partial charge in [-0.15, -0.1) is 0 Å². The topological polar surface area (TPSA) is 41.6 Å². The van der Waals surface area contributed by atoms with Gasteiger partial charge < -0.3 is 15.0 Å². The molecular weight excluding hydrogens is 228 g/mol. The Morgan fingerprint density at radius 2 is 2.11 bits per heavy atom. The number of nitrogens with zero attached hydrogens (tertiary/aromatic N) is 1. The van der Waals surface area contributed by atoms with Crippen molar-refractivity contribution >= 4 is 5.91 Å². The summed E-state index contributed by atoms with van der Waals surface area (Å²) in [6.07, 6.45) is 6.72. The van der Waals surface area contributed by atoms with Crippen LogP contribution in [-0.4, -0.2) is 49.2 Å². The summed E-state index contributed by atoms with van der Waals surface area (Å²) in [5, 5.41) is 3.44. The minimum atomic E-state index is -0.137. The lowest BCUT2D eigenvalue weighted by Gasteiger charge is -2.31. The molecule has 0 aromatic rings. The van der Waals surface area contributed by atoms with Gasteiger partial charge in [0, 0.05) is 19.2 Å². The van der Waals surface area contributed by atoms with E-state index in [0.29, 0.717) is 12.0 Å². The fourth-order valence-corrected chi connectivity index (χ4v) is 3.12. The minimum Gasteiger partial charge on any atom is -0.368 e. The van der Waals surface area contributed by atoms with Crippen LogP contribution in [0.2, 0.25) is 0 Å². The van der Waals surface area contributed by atoms with Crippen molar-refractivity contribution in [1.82, 2.24) is 10.2 Å². The highest BCUT2D eigenvalue weighted by molar-refractivity contribution is 5.81. The lowest BCUT2D eigenvalue weighted by atomic mass is 9.98. The molecule has 3 fully saturated rings. The third-order valence-corrected chi connectivity index (χ3v) is 4.33. The molecule has 0 bridgehead atoms. The molecule has 4 nitrogen and oxygen atoms in total. The van der Waals surface area contributed by atoms with Gasteiger partial charge in [0.1, 0.15) is 6.10 Å². The van der Waals surface area contributed by atoms with Gasteiger partial charge in [0.25, 0.3) is 5.91 Å². The van der Waals surface area contributed by atoms with Crippen LogP contribution in [0.15, 0.2) is 0 Å². The van der Waals surface area contributed by atoms with Gasteiger partial charge in [0.05, 0.1) is 0 Å². The first-order chi connectivity index (χ1) is 8.84. The van der Waals surface area contributed by atoms with Crippen LogP contribution in [0.4, 0.5) is 0 Å². The second-order valence-electron chi connectivity index (χ2n) is 5.94. The Morgan fingerprint density at radius 1 is 1.22 bits per heavy atom. The maximum Gasteiger partial charge on any atom is 0.251 e. The van der Waals surface area contributed by atoms with E-state index in [1.807, 2.05) is 0 Å². The molecule has 0 spiro atoms. The second kappa shape index (κ2) is 5.57. The molecule has 0 aromatic heterocycles. The molecular formula is C14H24N2O2. The number of nitrogens with one attached hydrogen (secondary N) is 1. The van der Waals surface area contributed by atoms with Crippen LogP contribution < -0.4 is 5.32 Å². The molecule has 0 radical (unpaired) electrons. The van der Waals surface area contributed by atoms with Crippen LogP contribution in [0.25, 0.3) is 0 Å². The number of hydrogen-bond acceptors (Lipinski definition) is 3. The first-order valence-electron chi connectivity index (χ1n) is 7.47. The average molecular weight is 252 g/mol. The molecule has 3 rings (SSSR count). The molecule has 2 heterocycles. The minimum absolute atomic E-state index is 0.137. The van der Waals surface area contributed by atoms with Gasteiger partial charge >= 0.3 is 0 Å². The number of hydrogen-bond donors (Lipinski definition) is 1. The molecule has 1 unspecified atom stereocenters. The molecule has 2 aliphatic heterocycles. The summed E-state index contributed by atoms with van der Waals surface area (Å²) < 4.78 is 5.56. The third kappa shape index (κ3) is 2.86. The number of carbonyl (C=O) groups is 1. The van der Waals surface area contributed by atoms with Crippen LogP contribution in [0, 0.1) is 5.92 Å². The molecule has 1 amide bonds.